The number of aromatic nitrogens is 4. The molecule has 0 aliphatic rings. The normalized spacial score (nSPS) is 11.9. The molecule has 168 valence electrons. The van der Waals surface area contributed by atoms with E-state index in [0.717, 1.165) is 34.5 Å². The van der Waals surface area contributed by atoms with E-state index in [1.165, 1.54) is 0 Å². The van der Waals surface area contributed by atoms with Gasteiger partial charge in [0, 0.05) is 6.04 Å². The van der Waals surface area contributed by atoms with Crippen LogP contribution in [0.5, 0.6) is 0 Å². The summed E-state index contributed by atoms with van der Waals surface area (Å²) in [5, 5.41) is 9.57. The van der Waals surface area contributed by atoms with Crippen molar-refractivity contribution in [2.24, 2.45) is 0 Å². The number of aryl methyl sites for hydroxylation is 1. The molecule has 3 aromatic heterocycles. The summed E-state index contributed by atoms with van der Waals surface area (Å²) in [5.41, 5.74) is 3.98. The van der Waals surface area contributed by atoms with Crippen LogP contribution in [0.25, 0.3) is 10.9 Å². The molecule has 0 saturated heterocycles. The molecule has 4 aromatic rings. The fourth-order valence-electron chi connectivity index (χ4n) is 3.51. The van der Waals surface area contributed by atoms with Gasteiger partial charge in [-0.3, -0.25) is 0 Å². The molecule has 3 heterocycles. The number of anilines is 3. The Kier molecular flexibility index (Phi) is 6.67. The van der Waals surface area contributed by atoms with Gasteiger partial charge in [-0.25, -0.2) is 4.98 Å². The van der Waals surface area contributed by atoms with Gasteiger partial charge in [-0.15, -0.1) is 0 Å². The van der Waals surface area contributed by atoms with E-state index in [1.54, 1.807) is 18.5 Å². The van der Waals surface area contributed by atoms with E-state index in [0.29, 0.717) is 11.4 Å². The van der Waals surface area contributed by atoms with Crippen LogP contribution in [0.1, 0.15) is 49.7 Å². The minimum atomic E-state index is -0.201. The first-order chi connectivity index (χ1) is 15.9. The van der Waals surface area contributed by atoms with Crippen LogP contribution in [-0.4, -0.2) is 38.4 Å². The van der Waals surface area contributed by atoms with Gasteiger partial charge in [0.2, 0.25) is 0 Å². The van der Waals surface area contributed by atoms with Crippen LogP contribution in [-0.2, 0) is 6.54 Å². The SMILES string of the molecule is CCn1bc2nc(NC(C)c3cccc(NC(=O)c4ccc(NC(C)C)nc4)c3)cnc2c1. The van der Waals surface area contributed by atoms with Crippen LogP contribution < -0.4 is 16.0 Å². The van der Waals surface area contributed by atoms with E-state index in [2.05, 4.69) is 42.3 Å². The number of carbonyl (C=O) groups is 1. The van der Waals surface area contributed by atoms with E-state index in [-0.39, 0.29) is 18.0 Å². The predicted molar refractivity (Wildman–Crippen MR) is 134 cm³/mol. The quantitative estimate of drug-likeness (QED) is 0.374. The number of carbonyl (C=O) groups excluding carboxylic acids is 1. The number of hydrogen-bond acceptors (Lipinski definition) is 6. The van der Waals surface area contributed by atoms with Gasteiger partial charge in [0.25, 0.3) is 0 Å². The average Bonchev–Trinajstić information content (AvgIpc) is 3.22. The molecule has 1 atom stereocenters. The molecule has 0 fully saturated rings. The van der Waals surface area contributed by atoms with E-state index >= 15 is 0 Å². The summed E-state index contributed by atoms with van der Waals surface area (Å²) in [6.45, 7) is 9.10. The van der Waals surface area contributed by atoms with Gasteiger partial charge in [-0.05, 0) is 19.9 Å². The molecule has 0 saturated carbocycles. The molecule has 33 heavy (non-hydrogen) atoms. The van der Waals surface area contributed by atoms with Crippen molar-refractivity contribution in [1.29, 1.82) is 0 Å². The first kappa shape index (κ1) is 22.4. The van der Waals surface area contributed by atoms with Crippen molar-refractivity contribution in [3.63, 3.8) is 0 Å². The summed E-state index contributed by atoms with van der Waals surface area (Å²) in [7, 11) is 1.99. The second kappa shape index (κ2) is 9.81. The van der Waals surface area contributed by atoms with E-state index in [1.807, 2.05) is 64.4 Å². The standard InChI is InChI=1S/C24H28BN7O/c1-5-32-14-20-23(25-32)31-22(13-26-20)29-16(4)17-7-6-8-19(11-17)30-24(33)18-9-10-21(27-12-18)28-15(2)3/h6-16H,5H2,1-4H3,(H,27,28)(H,29,31)(H,30,33). The second-order valence-corrected chi connectivity index (χ2v) is 8.29. The van der Waals surface area contributed by atoms with Gasteiger partial charge in [0.05, 0.1) is 0 Å². The molecule has 0 bridgehead atoms. The van der Waals surface area contributed by atoms with Gasteiger partial charge in [-0.2, -0.15) is 0 Å². The molecule has 3 N–H and O–H groups in total. The van der Waals surface area contributed by atoms with E-state index in [9.17, 15) is 4.79 Å². The summed E-state index contributed by atoms with van der Waals surface area (Å²) in [5.74, 6) is 1.25. The van der Waals surface area contributed by atoms with Gasteiger partial charge >= 0.3 is 152 Å². The Morgan fingerprint density at radius 1 is 1.06 bits per heavy atom. The van der Waals surface area contributed by atoms with Crippen molar-refractivity contribution in [3.8, 4) is 0 Å². The second-order valence-electron chi connectivity index (χ2n) is 8.29. The van der Waals surface area contributed by atoms with E-state index in [4.69, 9.17) is 0 Å². The Morgan fingerprint density at radius 2 is 1.91 bits per heavy atom. The van der Waals surface area contributed by atoms with Crippen molar-refractivity contribution in [3.05, 3.63) is 66.1 Å². The maximum atomic E-state index is 12.7. The molecular weight excluding hydrogens is 413 g/mol. The molecule has 1 unspecified atom stereocenters. The number of hydrogen-bond donors (Lipinski definition) is 3. The van der Waals surface area contributed by atoms with Crippen molar-refractivity contribution in [2.75, 3.05) is 16.0 Å². The van der Waals surface area contributed by atoms with Crippen LogP contribution >= 0.6 is 0 Å². The zero-order valence-corrected chi connectivity index (χ0v) is 19.3. The van der Waals surface area contributed by atoms with E-state index < -0.39 is 0 Å². The Balaban J connectivity index is 1.43. The predicted octanol–water partition coefficient (Wildman–Crippen LogP) is 4.43. The molecule has 0 aliphatic carbocycles. The third kappa shape index (κ3) is 5.55. The molecule has 0 spiro atoms. The number of nitrogens with zero attached hydrogens (tertiary/aromatic N) is 4. The molecule has 4 rings (SSSR count). The molecule has 8 nitrogen and oxygen atoms in total. The fourth-order valence-corrected chi connectivity index (χ4v) is 3.51. The number of pyridine rings is 1. The van der Waals surface area contributed by atoms with Crippen molar-refractivity contribution < 1.29 is 4.79 Å². The molecule has 0 aliphatic heterocycles. The van der Waals surface area contributed by atoms with Crippen LogP contribution in [0, 0.1) is 0 Å². The molecule has 1 amide bonds. The molecule has 1 aromatic carbocycles. The number of fused-ring (bicyclic) bond motifs is 1. The summed E-state index contributed by atoms with van der Waals surface area (Å²) in [4.78, 5) is 26.1. The minimum absolute atomic E-state index is 0.0232. The molecule has 9 heteroatoms. The number of benzene rings is 1. The monoisotopic (exact) mass is 441 g/mol. The Morgan fingerprint density at radius 3 is 2.64 bits per heavy atom. The van der Waals surface area contributed by atoms with Crippen LogP contribution in [0.4, 0.5) is 17.3 Å². The first-order valence-electron chi connectivity index (χ1n) is 11.1. The third-order valence-corrected chi connectivity index (χ3v) is 5.24. The van der Waals surface area contributed by atoms with Gasteiger partial charge in [0.15, 0.2) is 0 Å². The number of nitrogens with one attached hydrogen (secondary N) is 3. The zero-order valence-electron chi connectivity index (χ0n) is 19.3. The summed E-state index contributed by atoms with van der Waals surface area (Å²) >= 11 is 0. The van der Waals surface area contributed by atoms with Gasteiger partial charge in [-0.1, -0.05) is 0 Å². The summed E-state index contributed by atoms with van der Waals surface area (Å²) < 4.78 is 2.06. The van der Waals surface area contributed by atoms with Crippen LogP contribution in [0.3, 0.4) is 0 Å². The average molecular weight is 441 g/mol. The number of rotatable bonds is 8. The fraction of sp³-hybridized carbons (Fsp3) is 0.292. The zero-order chi connectivity index (χ0) is 23.4. The van der Waals surface area contributed by atoms with Crippen LogP contribution in [0.2, 0.25) is 0 Å². The molecule has 0 radical (unpaired) electrons. The topological polar surface area (TPSA) is 96.8 Å². The first-order valence-corrected chi connectivity index (χ1v) is 11.1. The Bertz CT molecular complexity index is 1250. The van der Waals surface area contributed by atoms with Crippen molar-refractivity contribution in [1.82, 2.24) is 19.4 Å². The summed E-state index contributed by atoms with van der Waals surface area (Å²) in [6, 6.07) is 11.6. The Labute approximate surface area is 194 Å². The van der Waals surface area contributed by atoms with Crippen molar-refractivity contribution >= 4 is 41.2 Å². The van der Waals surface area contributed by atoms with Crippen molar-refractivity contribution in [2.45, 2.75) is 46.3 Å². The van der Waals surface area contributed by atoms with Crippen LogP contribution in [0.15, 0.2) is 55.0 Å². The third-order valence-electron chi connectivity index (χ3n) is 5.24. The Hall–Kier alpha value is -3.75. The van der Waals surface area contributed by atoms with Gasteiger partial charge in [0.1, 0.15) is 5.82 Å². The maximum absolute atomic E-state index is 12.7. The summed E-state index contributed by atoms with van der Waals surface area (Å²) in [6.07, 6.45) is 5.32. The van der Waals surface area contributed by atoms with Gasteiger partial charge < -0.3 is 5.32 Å². The molecular formula is C24H28BN7O. The number of amides is 1.